The molecule has 0 aromatic heterocycles. The third-order valence-corrected chi connectivity index (χ3v) is 7.78. The van der Waals surface area contributed by atoms with Crippen LogP contribution in [-0.2, 0) is 20.9 Å². The van der Waals surface area contributed by atoms with E-state index < -0.39 is 18.2 Å². The molecule has 2 aliphatic carbocycles. The standard InChI is InChI=1S/C26H35IN2O8/c1-35-22-10-15(14-31)9-19(27)24(22)37-21-12-17(25(33)28-6-7-30)11-20(23(21)32)29(26(34)16-4-5-16)13-18-3-2-8-36-18/h9-10,12,16,18,20-21,23,30-32H,2-8,11,13-14H2,1H3,(H,28,33). The van der Waals surface area contributed by atoms with Gasteiger partial charge in [-0.05, 0) is 72.0 Å². The first-order chi connectivity index (χ1) is 17.9. The van der Waals surface area contributed by atoms with Crippen LogP contribution in [0.25, 0.3) is 0 Å². The molecule has 37 heavy (non-hydrogen) atoms. The van der Waals surface area contributed by atoms with Gasteiger partial charge in [0.1, 0.15) is 12.2 Å². The average Bonchev–Trinajstić information content (AvgIpc) is 3.63. The molecule has 10 nitrogen and oxygen atoms in total. The first-order valence-electron chi connectivity index (χ1n) is 12.7. The number of hydrogen-bond donors (Lipinski definition) is 4. The molecular formula is C26H35IN2O8. The van der Waals surface area contributed by atoms with Gasteiger partial charge in [-0.1, -0.05) is 0 Å². The lowest BCUT2D eigenvalue weighted by Gasteiger charge is -2.41. The summed E-state index contributed by atoms with van der Waals surface area (Å²) in [6.45, 7) is 0.706. The van der Waals surface area contributed by atoms with E-state index in [1.165, 1.54) is 7.11 Å². The summed E-state index contributed by atoms with van der Waals surface area (Å²) in [6.07, 6.45) is 2.95. The van der Waals surface area contributed by atoms with Crippen LogP contribution in [0.4, 0.5) is 0 Å². The van der Waals surface area contributed by atoms with Crippen molar-refractivity contribution in [2.75, 3.05) is 33.4 Å². The fourth-order valence-corrected chi connectivity index (χ4v) is 5.65. The fourth-order valence-electron chi connectivity index (χ4n) is 4.86. The molecule has 3 aliphatic rings. The van der Waals surface area contributed by atoms with Gasteiger partial charge in [-0.2, -0.15) is 0 Å². The summed E-state index contributed by atoms with van der Waals surface area (Å²) in [4.78, 5) is 28.0. The molecule has 4 rings (SSSR count). The number of nitrogens with zero attached hydrogens (tertiary/aromatic N) is 1. The van der Waals surface area contributed by atoms with E-state index in [9.17, 15) is 24.9 Å². The van der Waals surface area contributed by atoms with Crippen molar-refractivity contribution >= 4 is 34.4 Å². The van der Waals surface area contributed by atoms with Gasteiger partial charge in [0.25, 0.3) is 0 Å². The first kappa shape index (κ1) is 28.1. The number of benzene rings is 1. The van der Waals surface area contributed by atoms with E-state index in [4.69, 9.17) is 14.2 Å². The molecule has 0 radical (unpaired) electrons. The lowest BCUT2D eigenvalue weighted by Crippen LogP contribution is -2.57. The average molecular weight is 630 g/mol. The van der Waals surface area contributed by atoms with E-state index in [1.54, 1.807) is 23.1 Å². The number of aliphatic hydroxyl groups excluding tert-OH is 3. The number of amides is 2. The molecule has 4 atom stereocenters. The summed E-state index contributed by atoms with van der Waals surface area (Å²) < 4.78 is 18.2. The van der Waals surface area contributed by atoms with Crippen LogP contribution in [0.2, 0.25) is 0 Å². The van der Waals surface area contributed by atoms with Gasteiger partial charge < -0.3 is 39.7 Å². The fraction of sp³-hybridized carbons (Fsp3) is 0.615. The van der Waals surface area contributed by atoms with Crippen LogP contribution in [-0.4, -0.2) is 89.8 Å². The van der Waals surface area contributed by atoms with Gasteiger partial charge in [-0.25, -0.2) is 0 Å². The quantitative estimate of drug-likeness (QED) is 0.267. The van der Waals surface area contributed by atoms with Gasteiger partial charge in [0, 0.05) is 37.6 Å². The van der Waals surface area contributed by atoms with Crippen LogP contribution in [0.1, 0.15) is 37.7 Å². The van der Waals surface area contributed by atoms with Crippen LogP contribution < -0.4 is 14.8 Å². The van der Waals surface area contributed by atoms with E-state index in [-0.39, 0.29) is 50.0 Å². The van der Waals surface area contributed by atoms with Gasteiger partial charge in [0.2, 0.25) is 11.8 Å². The molecule has 204 valence electrons. The topological polar surface area (TPSA) is 138 Å². The lowest BCUT2D eigenvalue weighted by atomic mass is 9.87. The minimum atomic E-state index is -1.11. The Hall–Kier alpha value is -1.93. The molecule has 2 fully saturated rings. The molecule has 11 heteroatoms. The van der Waals surface area contributed by atoms with Gasteiger partial charge >= 0.3 is 0 Å². The Bertz CT molecular complexity index is 1010. The van der Waals surface area contributed by atoms with Crippen LogP contribution in [0.5, 0.6) is 11.5 Å². The second kappa shape index (κ2) is 12.7. The van der Waals surface area contributed by atoms with E-state index in [2.05, 4.69) is 27.9 Å². The lowest BCUT2D eigenvalue weighted by molar-refractivity contribution is -0.142. The Morgan fingerprint density at radius 1 is 1.24 bits per heavy atom. The number of rotatable bonds is 11. The maximum atomic E-state index is 13.4. The maximum Gasteiger partial charge on any atom is 0.247 e. The summed E-state index contributed by atoms with van der Waals surface area (Å²) >= 11 is 2.07. The molecule has 1 saturated carbocycles. The van der Waals surface area contributed by atoms with Crippen molar-refractivity contribution in [2.24, 2.45) is 5.92 Å². The number of aliphatic hydroxyl groups is 3. The molecule has 2 amide bonds. The Labute approximate surface area is 230 Å². The second-order valence-electron chi connectivity index (χ2n) is 9.68. The Morgan fingerprint density at radius 3 is 2.65 bits per heavy atom. The van der Waals surface area contributed by atoms with Crippen molar-refractivity contribution in [2.45, 2.75) is 63.1 Å². The highest BCUT2D eigenvalue weighted by molar-refractivity contribution is 14.1. The molecular weight excluding hydrogens is 595 g/mol. The molecule has 0 bridgehead atoms. The van der Waals surface area contributed by atoms with Crippen LogP contribution >= 0.6 is 22.6 Å². The van der Waals surface area contributed by atoms with Gasteiger partial charge in [-0.15, -0.1) is 0 Å². The van der Waals surface area contributed by atoms with E-state index >= 15 is 0 Å². The minimum absolute atomic E-state index is 0.0326. The van der Waals surface area contributed by atoms with Crippen molar-refractivity contribution in [1.82, 2.24) is 10.2 Å². The maximum absolute atomic E-state index is 13.4. The zero-order valence-corrected chi connectivity index (χ0v) is 23.1. The SMILES string of the molecule is COc1cc(CO)cc(I)c1OC1C=C(C(=O)NCCO)CC(N(CC2CCCO2)C(=O)C2CC2)C1O. The number of halogens is 1. The molecule has 1 heterocycles. The van der Waals surface area contributed by atoms with Gasteiger partial charge in [-0.3, -0.25) is 9.59 Å². The smallest absolute Gasteiger partial charge is 0.247 e. The Balaban J connectivity index is 1.67. The molecule has 4 unspecified atom stereocenters. The summed E-state index contributed by atoms with van der Waals surface area (Å²) in [5.41, 5.74) is 1.02. The summed E-state index contributed by atoms with van der Waals surface area (Å²) in [5, 5.41) is 33.0. The summed E-state index contributed by atoms with van der Waals surface area (Å²) in [6, 6.07) is 2.72. The Kier molecular flexibility index (Phi) is 9.67. The van der Waals surface area contributed by atoms with E-state index in [0.29, 0.717) is 39.4 Å². The summed E-state index contributed by atoms with van der Waals surface area (Å²) in [5.74, 6) is 0.269. The zero-order valence-electron chi connectivity index (χ0n) is 20.9. The normalized spacial score (nSPS) is 25.4. The van der Waals surface area contributed by atoms with Crippen molar-refractivity contribution in [1.29, 1.82) is 0 Å². The molecule has 1 saturated heterocycles. The minimum Gasteiger partial charge on any atom is -0.493 e. The molecule has 4 N–H and O–H groups in total. The largest absolute Gasteiger partial charge is 0.493 e. The predicted octanol–water partition coefficient (Wildman–Crippen LogP) is 1.13. The van der Waals surface area contributed by atoms with Gasteiger partial charge in [0.05, 0.1) is 36.0 Å². The molecule has 1 aromatic carbocycles. The van der Waals surface area contributed by atoms with E-state index in [1.807, 2.05) is 0 Å². The molecule has 1 aliphatic heterocycles. The second-order valence-corrected chi connectivity index (χ2v) is 10.8. The number of carbonyl (C=O) groups is 2. The monoisotopic (exact) mass is 630 g/mol. The highest BCUT2D eigenvalue weighted by Crippen LogP contribution is 2.38. The number of hydrogen-bond acceptors (Lipinski definition) is 8. The van der Waals surface area contributed by atoms with Gasteiger partial charge in [0.15, 0.2) is 11.5 Å². The van der Waals surface area contributed by atoms with Crippen molar-refractivity contribution in [3.63, 3.8) is 0 Å². The molecule has 1 aromatic rings. The van der Waals surface area contributed by atoms with Crippen molar-refractivity contribution in [3.05, 3.63) is 32.9 Å². The van der Waals surface area contributed by atoms with Crippen molar-refractivity contribution in [3.8, 4) is 11.5 Å². The number of ether oxygens (including phenoxy) is 3. The highest BCUT2D eigenvalue weighted by Gasteiger charge is 2.45. The highest BCUT2D eigenvalue weighted by atomic mass is 127. The number of methoxy groups -OCH3 is 1. The summed E-state index contributed by atoms with van der Waals surface area (Å²) in [7, 11) is 1.49. The van der Waals surface area contributed by atoms with Crippen LogP contribution in [0.15, 0.2) is 23.8 Å². The predicted molar refractivity (Wildman–Crippen MR) is 142 cm³/mol. The van der Waals surface area contributed by atoms with E-state index in [0.717, 1.165) is 25.7 Å². The van der Waals surface area contributed by atoms with Crippen molar-refractivity contribution < 1.29 is 39.1 Å². The first-order valence-corrected chi connectivity index (χ1v) is 13.8. The zero-order chi connectivity index (χ0) is 26.5. The molecule has 0 spiro atoms. The van der Waals surface area contributed by atoms with Crippen LogP contribution in [0, 0.1) is 9.49 Å². The number of carbonyl (C=O) groups excluding carboxylic acids is 2. The third-order valence-electron chi connectivity index (χ3n) is 6.97. The van der Waals surface area contributed by atoms with Crippen LogP contribution in [0.3, 0.4) is 0 Å². The Morgan fingerprint density at radius 2 is 2.03 bits per heavy atom. The third kappa shape index (κ3) is 6.75. The number of nitrogens with one attached hydrogen (secondary N) is 1.